The number of halogens is 5. The van der Waals surface area contributed by atoms with E-state index in [-0.39, 0.29) is 11.7 Å². The maximum atomic E-state index is 13.4. The van der Waals surface area contributed by atoms with E-state index in [2.05, 4.69) is 5.10 Å². The molecular formula is C11H11F5N2O. The van der Waals surface area contributed by atoms with Crippen LogP contribution in [0.25, 0.3) is 0 Å². The third kappa shape index (κ3) is 1.76. The Morgan fingerprint density at radius 3 is 2.37 bits per heavy atom. The molecule has 2 aliphatic carbocycles. The molecule has 0 amide bonds. The number of aliphatic hydroxyl groups excluding tert-OH is 1. The Morgan fingerprint density at radius 1 is 1.26 bits per heavy atom. The van der Waals surface area contributed by atoms with E-state index < -0.39 is 35.9 Å². The van der Waals surface area contributed by atoms with Gasteiger partial charge in [-0.25, -0.2) is 8.78 Å². The van der Waals surface area contributed by atoms with Crippen molar-refractivity contribution < 1.29 is 27.1 Å². The van der Waals surface area contributed by atoms with Gasteiger partial charge in [-0.2, -0.15) is 18.3 Å². The molecule has 8 heteroatoms. The van der Waals surface area contributed by atoms with Gasteiger partial charge in [-0.05, 0) is 19.3 Å². The molecule has 1 N–H and O–H groups in total. The summed E-state index contributed by atoms with van der Waals surface area (Å²) in [5, 5.41) is 12.9. The van der Waals surface area contributed by atoms with Crippen LogP contribution in [0.4, 0.5) is 22.0 Å². The van der Waals surface area contributed by atoms with Crippen molar-refractivity contribution in [2.45, 2.75) is 49.9 Å². The summed E-state index contributed by atoms with van der Waals surface area (Å²) in [6.07, 6.45) is -6.03. The van der Waals surface area contributed by atoms with Gasteiger partial charge in [0.1, 0.15) is 6.10 Å². The summed E-state index contributed by atoms with van der Waals surface area (Å²) in [6, 6.07) is -0.258. The molecule has 1 saturated carbocycles. The topological polar surface area (TPSA) is 38.1 Å². The van der Waals surface area contributed by atoms with E-state index in [1.165, 1.54) is 0 Å². The molecule has 0 aliphatic heterocycles. The molecule has 1 aromatic heterocycles. The number of nitrogens with zero attached hydrogens (tertiary/aromatic N) is 2. The lowest BCUT2D eigenvalue weighted by molar-refractivity contribution is -0.146. The minimum atomic E-state index is -4.83. The first kappa shape index (κ1) is 12.8. The summed E-state index contributed by atoms with van der Waals surface area (Å²) in [5.74, 6) is -3.56. The molecule has 1 heterocycles. The fraction of sp³-hybridized carbons (Fsp3) is 0.727. The highest BCUT2D eigenvalue weighted by Crippen LogP contribution is 2.49. The molecule has 3 rings (SSSR count). The predicted octanol–water partition coefficient (Wildman–Crippen LogP) is 2.85. The second-order valence-corrected chi connectivity index (χ2v) is 5.08. The molecule has 1 unspecified atom stereocenters. The largest absolute Gasteiger partial charge is 0.435 e. The second kappa shape index (κ2) is 3.68. The van der Waals surface area contributed by atoms with Gasteiger partial charge in [-0.1, -0.05) is 0 Å². The van der Waals surface area contributed by atoms with Crippen molar-refractivity contribution in [2.75, 3.05) is 0 Å². The Balaban J connectivity index is 2.14. The van der Waals surface area contributed by atoms with Crippen molar-refractivity contribution in [3.8, 4) is 0 Å². The summed E-state index contributed by atoms with van der Waals surface area (Å²) in [6.45, 7) is 0. The van der Waals surface area contributed by atoms with Crippen molar-refractivity contribution in [3.63, 3.8) is 0 Å². The lowest BCUT2D eigenvalue weighted by Gasteiger charge is -2.27. The first-order valence-corrected chi connectivity index (χ1v) is 5.96. The Kier molecular flexibility index (Phi) is 2.49. The number of aromatic nitrogens is 2. The standard InChI is InChI=1S/C11H11F5N2O/c12-10(13)4-6-7(9(10)19)8(11(14,15)16)17-18(6)5-2-1-3-5/h5,9,19H,1-4H2. The van der Waals surface area contributed by atoms with Crippen LogP contribution in [0.5, 0.6) is 0 Å². The van der Waals surface area contributed by atoms with Crippen LogP contribution in [-0.4, -0.2) is 20.8 Å². The van der Waals surface area contributed by atoms with Crippen molar-refractivity contribution in [3.05, 3.63) is 17.0 Å². The number of aliphatic hydroxyl groups is 1. The summed E-state index contributed by atoms with van der Waals surface area (Å²) in [7, 11) is 0. The SMILES string of the molecule is OC1c2c(C(F)(F)F)nn(C3CCC3)c2CC1(F)F. The molecule has 106 valence electrons. The zero-order valence-electron chi connectivity index (χ0n) is 9.71. The van der Waals surface area contributed by atoms with Crippen LogP contribution in [0.15, 0.2) is 0 Å². The molecule has 1 aromatic rings. The Labute approximate surface area is 105 Å². The number of fused-ring (bicyclic) bond motifs is 1. The first-order valence-electron chi connectivity index (χ1n) is 5.96. The normalized spacial score (nSPS) is 26.3. The van der Waals surface area contributed by atoms with Crippen LogP contribution in [-0.2, 0) is 12.6 Å². The molecule has 19 heavy (non-hydrogen) atoms. The lowest BCUT2D eigenvalue weighted by atomic mass is 9.93. The number of hydrogen-bond acceptors (Lipinski definition) is 2. The van der Waals surface area contributed by atoms with Crippen LogP contribution in [0, 0.1) is 0 Å². The van der Waals surface area contributed by atoms with E-state index in [0.29, 0.717) is 12.8 Å². The van der Waals surface area contributed by atoms with Crippen LogP contribution >= 0.6 is 0 Å². The van der Waals surface area contributed by atoms with Gasteiger partial charge in [0.15, 0.2) is 5.69 Å². The van der Waals surface area contributed by atoms with Gasteiger partial charge >= 0.3 is 6.18 Å². The van der Waals surface area contributed by atoms with Gasteiger partial charge < -0.3 is 5.11 Å². The molecule has 2 aliphatic rings. The summed E-state index contributed by atoms with van der Waals surface area (Å²) >= 11 is 0. The second-order valence-electron chi connectivity index (χ2n) is 5.08. The molecule has 1 atom stereocenters. The quantitative estimate of drug-likeness (QED) is 0.804. The third-order valence-electron chi connectivity index (χ3n) is 3.82. The summed E-state index contributed by atoms with van der Waals surface area (Å²) in [5.41, 5.74) is -2.29. The van der Waals surface area contributed by atoms with E-state index in [4.69, 9.17) is 0 Å². The maximum Gasteiger partial charge on any atom is 0.435 e. The highest BCUT2D eigenvalue weighted by atomic mass is 19.4. The van der Waals surface area contributed by atoms with E-state index in [1.54, 1.807) is 0 Å². The Morgan fingerprint density at radius 2 is 1.89 bits per heavy atom. The Bertz CT molecular complexity index is 518. The number of hydrogen-bond donors (Lipinski definition) is 1. The first-order chi connectivity index (χ1) is 8.72. The summed E-state index contributed by atoms with van der Waals surface area (Å²) < 4.78 is 66.4. The van der Waals surface area contributed by atoms with Gasteiger partial charge in [-0.15, -0.1) is 0 Å². The van der Waals surface area contributed by atoms with Crippen molar-refractivity contribution in [1.29, 1.82) is 0 Å². The monoisotopic (exact) mass is 282 g/mol. The molecular weight excluding hydrogens is 271 g/mol. The fourth-order valence-electron chi connectivity index (χ4n) is 2.62. The molecule has 0 aromatic carbocycles. The van der Waals surface area contributed by atoms with Gasteiger partial charge in [0, 0.05) is 5.56 Å². The average Bonchev–Trinajstić information content (AvgIpc) is 2.62. The van der Waals surface area contributed by atoms with Crippen LogP contribution in [0.2, 0.25) is 0 Å². The van der Waals surface area contributed by atoms with Crippen LogP contribution in [0.3, 0.4) is 0 Å². The lowest BCUT2D eigenvalue weighted by Crippen LogP contribution is -2.26. The zero-order valence-corrected chi connectivity index (χ0v) is 9.71. The maximum absolute atomic E-state index is 13.4. The van der Waals surface area contributed by atoms with E-state index in [9.17, 15) is 27.1 Å². The molecule has 0 bridgehead atoms. The zero-order chi connectivity index (χ0) is 14.0. The van der Waals surface area contributed by atoms with Gasteiger partial charge in [-0.3, -0.25) is 4.68 Å². The molecule has 3 nitrogen and oxygen atoms in total. The minimum Gasteiger partial charge on any atom is -0.382 e. The van der Waals surface area contributed by atoms with Gasteiger partial charge in [0.2, 0.25) is 0 Å². The molecule has 0 saturated heterocycles. The average molecular weight is 282 g/mol. The smallest absolute Gasteiger partial charge is 0.382 e. The fourth-order valence-corrected chi connectivity index (χ4v) is 2.62. The third-order valence-corrected chi connectivity index (χ3v) is 3.82. The van der Waals surface area contributed by atoms with Crippen molar-refractivity contribution in [1.82, 2.24) is 9.78 Å². The highest BCUT2D eigenvalue weighted by molar-refractivity contribution is 5.38. The van der Waals surface area contributed by atoms with Crippen molar-refractivity contribution in [2.24, 2.45) is 0 Å². The predicted molar refractivity (Wildman–Crippen MR) is 53.7 cm³/mol. The molecule has 0 radical (unpaired) electrons. The minimum absolute atomic E-state index is 0.172. The van der Waals surface area contributed by atoms with Crippen LogP contribution < -0.4 is 0 Å². The van der Waals surface area contributed by atoms with Gasteiger partial charge in [0.25, 0.3) is 5.92 Å². The van der Waals surface area contributed by atoms with E-state index in [0.717, 1.165) is 11.1 Å². The Hall–Kier alpha value is -1.18. The molecule has 0 spiro atoms. The van der Waals surface area contributed by atoms with E-state index in [1.807, 2.05) is 0 Å². The highest BCUT2D eigenvalue weighted by Gasteiger charge is 2.55. The van der Waals surface area contributed by atoms with Crippen LogP contribution in [0.1, 0.15) is 48.4 Å². The van der Waals surface area contributed by atoms with E-state index >= 15 is 0 Å². The van der Waals surface area contributed by atoms with Crippen molar-refractivity contribution >= 4 is 0 Å². The summed E-state index contributed by atoms with van der Waals surface area (Å²) in [4.78, 5) is 0. The number of rotatable bonds is 1. The molecule has 1 fully saturated rings. The van der Waals surface area contributed by atoms with Gasteiger partial charge in [0.05, 0.1) is 18.2 Å². The number of alkyl halides is 5.